The average molecular weight is 480 g/mol. The van der Waals surface area contributed by atoms with Gasteiger partial charge in [-0.25, -0.2) is 4.79 Å². The van der Waals surface area contributed by atoms with Gasteiger partial charge in [-0.2, -0.15) is 0 Å². The minimum atomic E-state index is -1.25. The van der Waals surface area contributed by atoms with E-state index in [4.69, 9.17) is 10.2 Å². The van der Waals surface area contributed by atoms with Crippen molar-refractivity contribution in [3.8, 4) is 0 Å². The molecule has 0 saturated heterocycles. The van der Waals surface area contributed by atoms with E-state index in [2.05, 4.69) is 26.1 Å². The zero-order valence-corrected chi connectivity index (χ0v) is 21.1. The van der Waals surface area contributed by atoms with Crippen molar-refractivity contribution in [2.45, 2.75) is 103 Å². The number of hydrogen-bond donors (Lipinski definition) is 5. The SMILES string of the molecule is C[C@H](CCC(=O)N[C@@H](CO)C(=O)O)[C@H]1CC[C@H]2[C@@H]3[C@H](O)C[C@@H]4C[C@H](O)CC[C@]4(C)[C@H]3CC[C@]12C. The van der Waals surface area contributed by atoms with Crippen LogP contribution in [0.2, 0.25) is 0 Å². The smallest absolute Gasteiger partial charge is 0.328 e. The van der Waals surface area contributed by atoms with E-state index in [1.165, 1.54) is 0 Å². The maximum absolute atomic E-state index is 12.3. The van der Waals surface area contributed by atoms with Gasteiger partial charge < -0.3 is 25.7 Å². The number of carboxylic acids is 1. The van der Waals surface area contributed by atoms with Gasteiger partial charge in [0.1, 0.15) is 6.04 Å². The number of aliphatic hydroxyl groups excluding tert-OH is 3. The van der Waals surface area contributed by atoms with Gasteiger partial charge in [0.2, 0.25) is 5.91 Å². The van der Waals surface area contributed by atoms with Crippen LogP contribution in [0.25, 0.3) is 0 Å². The molecule has 4 aliphatic rings. The van der Waals surface area contributed by atoms with Gasteiger partial charge in [0, 0.05) is 6.42 Å². The third kappa shape index (κ3) is 4.41. The van der Waals surface area contributed by atoms with Crippen LogP contribution in [0.4, 0.5) is 0 Å². The fraction of sp³-hybridized carbons (Fsp3) is 0.926. The molecule has 4 fully saturated rings. The third-order valence-corrected chi connectivity index (χ3v) is 11.1. The van der Waals surface area contributed by atoms with Crippen LogP contribution in [0, 0.1) is 46.3 Å². The van der Waals surface area contributed by atoms with Crippen molar-refractivity contribution in [1.82, 2.24) is 5.32 Å². The topological polar surface area (TPSA) is 127 Å². The summed E-state index contributed by atoms with van der Waals surface area (Å²) in [4.78, 5) is 23.4. The molecule has 11 atom stereocenters. The number of amides is 1. The Morgan fingerprint density at radius 3 is 2.35 bits per heavy atom. The van der Waals surface area contributed by atoms with Gasteiger partial charge >= 0.3 is 5.97 Å². The van der Waals surface area contributed by atoms with E-state index in [1.807, 2.05) is 0 Å². The Morgan fingerprint density at radius 2 is 1.68 bits per heavy atom. The van der Waals surface area contributed by atoms with E-state index in [1.54, 1.807) is 0 Å². The van der Waals surface area contributed by atoms with Crippen LogP contribution in [0.1, 0.15) is 85.0 Å². The molecule has 4 saturated carbocycles. The summed E-state index contributed by atoms with van der Waals surface area (Å²) in [5.41, 5.74) is 0.379. The maximum Gasteiger partial charge on any atom is 0.328 e. The summed E-state index contributed by atoms with van der Waals surface area (Å²) in [6.07, 6.45) is 8.60. The van der Waals surface area contributed by atoms with Crippen molar-refractivity contribution >= 4 is 11.9 Å². The first-order valence-corrected chi connectivity index (χ1v) is 13.5. The van der Waals surface area contributed by atoms with Crippen molar-refractivity contribution in [3.05, 3.63) is 0 Å². The van der Waals surface area contributed by atoms with Crippen molar-refractivity contribution in [3.63, 3.8) is 0 Å². The Bertz CT molecular complexity index is 774. The first kappa shape index (κ1) is 25.9. The molecule has 0 aliphatic heterocycles. The lowest BCUT2D eigenvalue weighted by atomic mass is 9.43. The van der Waals surface area contributed by atoms with Crippen LogP contribution in [-0.2, 0) is 9.59 Å². The van der Waals surface area contributed by atoms with Crippen LogP contribution < -0.4 is 5.32 Å². The molecule has 0 aromatic carbocycles. The summed E-state index contributed by atoms with van der Waals surface area (Å²) < 4.78 is 0. The van der Waals surface area contributed by atoms with E-state index >= 15 is 0 Å². The molecular formula is C27H45NO6. The van der Waals surface area contributed by atoms with Gasteiger partial charge in [0.25, 0.3) is 0 Å². The van der Waals surface area contributed by atoms with Crippen LogP contribution in [0.15, 0.2) is 0 Å². The molecule has 194 valence electrons. The van der Waals surface area contributed by atoms with E-state index in [9.17, 15) is 19.8 Å². The molecule has 4 aliphatic carbocycles. The molecule has 0 heterocycles. The highest BCUT2D eigenvalue weighted by Crippen LogP contribution is 2.68. The van der Waals surface area contributed by atoms with Crippen molar-refractivity contribution in [2.75, 3.05) is 6.61 Å². The minimum absolute atomic E-state index is 0.157. The Labute approximate surface area is 203 Å². The molecule has 1 amide bonds. The molecule has 7 heteroatoms. The number of carbonyl (C=O) groups is 2. The minimum Gasteiger partial charge on any atom is -0.480 e. The van der Waals surface area contributed by atoms with Gasteiger partial charge in [-0.1, -0.05) is 20.8 Å². The lowest BCUT2D eigenvalue weighted by molar-refractivity contribution is -0.174. The molecular weight excluding hydrogens is 434 g/mol. The first-order chi connectivity index (χ1) is 16.0. The monoisotopic (exact) mass is 479 g/mol. The maximum atomic E-state index is 12.3. The number of fused-ring (bicyclic) bond motifs is 5. The van der Waals surface area contributed by atoms with Gasteiger partial charge in [0.05, 0.1) is 18.8 Å². The fourth-order valence-corrected chi connectivity index (χ4v) is 9.19. The summed E-state index contributed by atoms with van der Waals surface area (Å²) in [5, 5.41) is 42.2. The number of carboxylic acid groups (broad SMARTS) is 1. The predicted octanol–water partition coefficient (Wildman–Crippen LogP) is 2.96. The highest BCUT2D eigenvalue weighted by Gasteiger charge is 2.62. The molecule has 0 aromatic rings. The number of aliphatic carboxylic acids is 1. The molecule has 0 radical (unpaired) electrons. The van der Waals surface area contributed by atoms with Gasteiger partial charge in [0.15, 0.2) is 0 Å². The summed E-state index contributed by atoms with van der Waals surface area (Å²) in [6.45, 7) is 6.46. The number of nitrogens with one attached hydrogen (secondary N) is 1. The van der Waals surface area contributed by atoms with Crippen molar-refractivity contribution < 1.29 is 30.0 Å². The molecule has 4 rings (SSSR count). The zero-order chi connectivity index (χ0) is 24.8. The second-order valence-corrected chi connectivity index (χ2v) is 12.6. The lowest BCUT2D eigenvalue weighted by Gasteiger charge is -2.62. The summed E-state index contributed by atoms with van der Waals surface area (Å²) in [5.74, 6) is 1.06. The van der Waals surface area contributed by atoms with Gasteiger partial charge in [-0.05, 0) is 104 Å². The number of hydrogen-bond acceptors (Lipinski definition) is 5. The fourth-order valence-electron chi connectivity index (χ4n) is 9.19. The highest BCUT2D eigenvalue weighted by molar-refractivity contribution is 5.83. The molecule has 0 unspecified atom stereocenters. The molecule has 5 N–H and O–H groups in total. The second kappa shape index (κ2) is 9.70. The van der Waals surface area contributed by atoms with Crippen molar-refractivity contribution in [2.24, 2.45) is 46.3 Å². The van der Waals surface area contributed by atoms with Crippen LogP contribution >= 0.6 is 0 Å². The number of carbonyl (C=O) groups excluding carboxylic acids is 1. The van der Waals surface area contributed by atoms with Gasteiger partial charge in [-0.15, -0.1) is 0 Å². The predicted molar refractivity (Wildman–Crippen MR) is 128 cm³/mol. The van der Waals surface area contributed by atoms with Crippen molar-refractivity contribution in [1.29, 1.82) is 0 Å². The zero-order valence-electron chi connectivity index (χ0n) is 21.1. The Morgan fingerprint density at radius 1 is 1.00 bits per heavy atom. The first-order valence-electron chi connectivity index (χ1n) is 13.5. The third-order valence-electron chi connectivity index (χ3n) is 11.1. The van der Waals surface area contributed by atoms with Crippen LogP contribution in [-0.4, -0.2) is 57.2 Å². The molecule has 0 bridgehead atoms. The molecule has 34 heavy (non-hydrogen) atoms. The largest absolute Gasteiger partial charge is 0.480 e. The van der Waals surface area contributed by atoms with E-state index in [0.29, 0.717) is 41.9 Å². The summed E-state index contributed by atoms with van der Waals surface area (Å²) in [6, 6.07) is -1.25. The average Bonchev–Trinajstić information content (AvgIpc) is 3.14. The normalized spacial score (nSPS) is 45.4. The number of rotatable bonds is 7. The Balaban J connectivity index is 1.42. The van der Waals surface area contributed by atoms with E-state index in [0.717, 1.165) is 51.4 Å². The summed E-state index contributed by atoms with van der Waals surface area (Å²) >= 11 is 0. The number of aliphatic hydroxyl groups is 3. The quantitative estimate of drug-likeness (QED) is 0.382. The van der Waals surface area contributed by atoms with Crippen LogP contribution in [0.5, 0.6) is 0 Å². The molecule has 0 spiro atoms. The molecule has 0 aromatic heterocycles. The van der Waals surface area contributed by atoms with E-state index < -0.39 is 18.6 Å². The Kier molecular flexibility index (Phi) is 7.39. The Hall–Kier alpha value is -1.18. The summed E-state index contributed by atoms with van der Waals surface area (Å²) in [7, 11) is 0. The molecule has 7 nitrogen and oxygen atoms in total. The standard InChI is InChI=1S/C27H45NO6/c1-15(4-7-23(32)28-21(14-29)25(33)34)18-5-6-19-24-20(9-11-27(18,19)3)26(2)10-8-17(30)12-16(26)13-22(24)31/h15-22,24,29-31H,4-14H2,1-3H3,(H,28,32)(H,33,34)/t15-,16+,17-,18-,19+,20+,21+,22-,24+,26+,27-/m1/s1. The van der Waals surface area contributed by atoms with E-state index in [-0.39, 0.29) is 35.4 Å². The lowest BCUT2D eigenvalue weighted by Crippen LogP contribution is -2.58. The second-order valence-electron chi connectivity index (χ2n) is 12.6. The highest BCUT2D eigenvalue weighted by atomic mass is 16.4. The van der Waals surface area contributed by atoms with Gasteiger partial charge in [-0.3, -0.25) is 4.79 Å². The van der Waals surface area contributed by atoms with Crippen LogP contribution in [0.3, 0.4) is 0 Å².